The number of H-pyrrole nitrogens is 1. The van der Waals surface area contributed by atoms with Crippen LogP contribution in [0.15, 0.2) is 6.20 Å². The van der Waals surface area contributed by atoms with Crippen LogP contribution in [-0.2, 0) is 4.79 Å². The Hall–Kier alpha value is -1.89. The molecule has 0 aliphatic heterocycles. The fraction of sp³-hybridized carbons (Fsp3) is 0.250. The number of rotatable bonds is 3. The summed E-state index contributed by atoms with van der Waals surface area (Å²) in [6, 6.07) is 0. The third-order valence-electron chi connectivity index (χ3n) is 1.98. The first-order valence-corrected chi connectivity index (χ1v) is 4.89. The fourth-order valence-corrected chi connectivity index (χ4v) is 1.36. The molecule has 2 aromatic heterocycles. The van der Waals surface area contributed by atoms with Crippen LogP contribution in [0.25, 0.3) is 11.0 Å². The Kier molecular flexibility index (Phi) is 2.86. The van der Waals surface area contributed by atoms with Gasteiger partial charge in [0, 0.05) is 7.05 Å². The van der Waals surface area contributed by atoms with E-state index in [-0.39, 0.29) is 17.7 Å². The molecule has 0 saturated carbocycles. The van der Waals surface area contributed by atoms with E-state index in [0.717, 1.165) is 0 Å². The molecule has 84 valence electrons. The standard InChI is InChI=1S/C8H9ClN6O/c1-10-5(16)3-11-6-4-2-12-15-7(4)14-8(9)13-6/h2H,3H2,1H3,(H,10,16)(H2,11,12,13,14,15). The van der Waals surface area contributed by atoms with E-state index in [9.17, 15) is 4.79 Å². The quantitative estimate of drug-likeness (QED) is 0.665. The summed E-state index contributed by atoms with van der Waals surface area (Å²) in [6.07, 6.45) is 1.57. The first-order valence-electron chi connectivity index (χ1n) is 4.52. The first-order chi connectivity index (χ1) is 7.70. The minimum atomic E-state index is -0.147. The Morgan fingerprint density at radius 2 is 2.38 bits per heavy atom. The molecule has 7 nitrogen and oxygen atoms in total. The van der Waals surface area contributed by atoms with Crippen molar-refractivity contribution in [1.82, 2.24) is 25.5 Å². The molecule has 0 atom stereocenters. The van der Waals surface area contributed by atoms with Crippen molar-refractivity contribution in [2.24, 2.45) is 0 Å². The summed E-state index contributed by atoms with van der Waals surface area (Å²) in [4.78, 5) is 19.0. The molecule has 0 saturated heterocycles. The number of hydrogen-bond acceptors (Lipinski definition) is 5. The van der Waals surface area contributed by atoms with Gasteiger partial charge in [-0.25, -0.2) is 0 Å². The lowest BCUT2D eigenvalue weighted by atomic mass is 10.4. The van der Waals surface area contributed by atoms with Gasteiger partial charge in [0.2, 0.25) is 11.2 Å². The van der Waals surface area contributed by atoms with E-state index in [2.05, 4.69) is 30.8 Å². The second-order valence-corrected chi connectivity index (χ2v) is 3.34. The number of aromatic nitrogens is 4. The summed E-state index contributed by atoms with van der Waals surface area (Å²) in [5.74, 6) is 0.332. The van der Waals surface area contributed by atoms with Gasteiger partial charge in [-0.2, -0.15) is 15.1 Å². The second kappa shape index (κ2) is 4.31. The summed E-state index contributed by atoms with van der Waals surface area (Å²) in [7, 11) is 1.56. The molecule has 0 aromatic carbocycles. The predicted molar refractivity (Wildman–Crippen MR) is 59.3 cm³/mol. The van der Waals surface area contributed by atoms with E-state index in [1.807, 2.05) is 0 Å². The van der Waals surface area contributed by atoms with Crippen molar-refractivity contribution < 1.29 is 4.79 Å². The SMILES string of the molecule is CNC(=O)CNc1nc(Cl)nc2[nH]ncc12. The van der Waals surface area contributed by atoms with Gasteiger partial charge in [0.25, 0.3) is 0 Å². The summed E-state index contributed by atoms with van der Waals surface area (Å²) >= 11 is 5.72. The van der Waals surface area contributed by atoms with E-state index < -0.39 is 0 Å². The van der Waals surface area contributed by atoms with E-state index in [0.29, 0.717) is 16.9 Å². The van der Waals surface area contributed by atoms with Gasteiger partial charge >= 0.3 is 0 Å². The normalized spacial score (nSPS) is 10.4. The number of aromatic amines is 1. The number of carbonyl (C=O) groups excluding carboxylic acids is 1. The van der Waals surface area contributed by atoms with Crippen LogP contribution in [0.3, 0.4) is 0 Å². The number of likely N-dealkylation sites (N-methyl/N-ethyl adjacent to an activating group) is 1. The molecule has 0 fully saturated rings. The highest BCUT2D eigenvalue weighted by Gasteiger charge is 2.08. The second-order valence-electron chi connectivity index (χ2n) is 3.00. The topological polar surface area (TPSA) is 95.6 Å². The summed E-state index contributed by atoms with van der Waals surface area (Å²) < 4.78 is 0. The molecule has 0 spiro atoms. The maximum Gasteiger partial charge on any atom is 0.239 e. The van der Waals surface area contributed by atoms with Crippen LogP contribution in [0.4, 0.5) is 5.82 Å². The lowest BCUT2D eigenvalue weighted by Gasteiger charge is -2.05. The van der Waals surface area contributed by atoms with Crippen LogP contribution in [-0.4, -0.2) is 39.7 Å². The summed E-state index contributed by atoms with van der Waals surface area (Å²) in [6.45, 7) is 0.115. The number of halogens is 1. The third kappa shape index (κ3) is 2.03. The van der Waals surface area contributed by atoms with Gasteiger partial charge in [0.1, 0.15) is 5.82 Å². The number of nitrogens with zero attached hydrogens (tertiary/aromatic N) is 3. The highest BCUT2D eigenvalue weighted by atomic mass is 35.5. The van der Waals surface area contributed by atoms with Crippen molar-refractivity contribution in [1.29, 1.82) is 0 Å². The molecule has 8 heteroatoms. The van der Waals surface area contributed by atoms with Crippen molar-refractivity contribution in [3.8, 4) is 0 Å². The molecule has 0 aliphatic carbocycles. The van der Waals surface area contributed by atoms with Crippen molar-refractivity contribution in [2.75, 3.05) is 18.9 Å². The van der Waals surface area contributed by atoms with Crippen LogP contribution in [0.1, 0.15) is 0 Å². The predicted octanol–water partition coefficient (Wildman–Crippen LogP) is 0.164. The smallest absolute Gasteiger partial charge is 0.239 e. The lowest BCUT2D eigenvalue weighted by molar-refractivity contribution is -0.118. The van der Waals surface area contributed by atoms with Gasteiger partial charge in [-0.15, -0.1) is 0 Å². The number of amides is 1. The van der Waals surface area contributed by atoms with E-state index >= 15 is 0 Å². The molecule has 0 bridgehead atoms. The summed E-state index contributed by atoms with van der Waals surface area (Å²) in [5.41, 5.74) is 0.527. The van der Waals surface area contributed by atoms with Crippen LogP contribution in [0.2, 0.25) is 5.28 Å². The Labute approximate surface area is 95.6 Å². The van der Waals surface area contributed by atoms with E-state index in [4.69, 9.17) is 11.6 Å². The zero-order chi connectivity index (χ0) is 11.5. The number of nitrogens with one attached hydrogen (secondary N) is 3. The monoisotopic (exact) mass is 240 g/mol. The Morgan fingerprint density at radius 1 is 1.56 bits per heavy atom. The largest absolute Gasteiger partial charge is 0.360 e. The van der Waals surface area contributed by atoms with Gasteiger partial charge in [-0.05, 0) is 11.6 Å². The molecule has 16 heavy (non-hydrogen) atoms. The van der Waals surface area contributed by atoms with Crippen LogP contribution in [0.5, 0.6) is 0 Å². The number of hydrogen-bond donors (Lipinski definition) is 3. The molecule has 3 N–H and O–H groups in total. The molecule has 0 aliphatic rings. The lowest BCUT2D eigenvalue weighted by Crippen LogP contribution is -2.26. The van der Waals surface area contributed by atoms with Crippen LogP contribution in [0, 0.1) is 0 Å². The van der Waals surface area contributed by atoms with Gasteiger partial charge in [0.05, 0.1) is 18.1 Å². The average Bonchev–Trinajstić information content (AvgIpc) is 2.73. The average molecular weight is 241 g/mol. The Bertz CT molecular complexity index is 524. The van der Waals surface area contributed by atoms with Crippen molar-refractivity contribution in [3.63, 3.8) is 0 Å². The number of anilines is 1. The molecule has 1 amide bonds. The minimum absolute atomic E-state index is 0.0937. The van der Waals surface area contributed by atoms with E-state index in [1.54, 1.807) is 13.2 Å². The third-order valence-corrected chi connectivity index (χ3v) is 2.15. The molecule has 2 heterocycles. The zero-order valence-corrected chi connectivity index (χ0v) is 9.17. The van der Waals surface area contributed by atoms with Gasteiger partial charge in [-0.3, -0.25) is 9.89 Å². The van der Waals surface area contributed by atoms with Crippen molar-refractivity contribution in [2.45, 2.75) is 0 Å². The minimum Gasteiger partial charge on any atom is -0.360 e. The summed E-state index contributed by atoms with van der Waals surface area (Å²) in [5, 5.41) is 12.6. The van der Waals surface area contributed by atoms with Gasteiger partial charge in [-0.1, -0.05) is 0 Å². The molecule has 2 aromatic rings. The van der Waals surface area contributed by atoms with Gasteiger partial charge < -0.3 is 10.6 Å². The van der Waals surface area contributed by atoms with Crippen LogP contribution >= 0.6 is 11.6 Å². The highest BCUT2D eigenvalue weighted by molar-refractivity contribution is 6.28. The van der Waals surface area contributed by atoms with Crippen molar-refractivity contribution in [3.05, 3.63) is 11.5 Å². The Balaban J connectivity index is 2.28. The molecular weight excluding hydrogens is 232 g/mol. The molecule has 2 rings (SSSR count). The van der Waals surface area contributed by atoms with Crippen LogP contribution < -0.4 is 10.6 Å². The first kappa shape index (κ1) is 10.6. The number of carbonyl (C=O) groups is 1. The highest BCUT2D eigenvalue weighted by Crippen LogP contribution is 2.19. The molecule has 0 unspecified atom stereocenters. The van der Waals surface area contributed by atoms with E-state index in [1.165, 1.54) is 0 Å². The van der Waals surface area contributed by atoms with Crippen molar-refractivity contribution >= 4 is 34.4 Å². The maximum absolute atomic E-state index is 11.1. The zero-order valence-electron chi connectivity index (χ0n) is 8.41. The maximum atomic E-state index is 11.1. The Morgan fingerprint density at radius 3 is 3.12 bits per heavy atom. The number of fused-ring (bicyclic) bond motifs is 1. The van der Waals surface area contributed by atoms with Gasteiger partial charge in [0.15, 0.2) is 5.65 Å². The fourth-order valence-electron chi connectivity index (χ4n) is 1.19. The molecular formula is C8H9ClN6O. The molecule has 0 radical (unpaired) electrons.